The fourth-order valence-corrected chi connectivity index (χ4v) is 4.69. The fourth-order valence-electron chi connectivity index (χ4n) is 4.69. The van der Waals surface area contributed by atoms with Gasteiger partial charge in [0, 0.05) is 30.9 Å². The number of nitrogens with one attached hydrogen (secondary N) is 1. The molecule has 0 spiro atoms. The maximum Gasteiger partial charge on any atom is 0.253 e. The number of aromatic nitrogens is 2. The predicted molar refractivity (Wildman–Crippen MR) is 100 cm³/mol. The van der Waals surface area contributed by atoms with Crippen LogP contribution < -0.4 is 5.32 Å². The number of imidazole rings is 1. The van der Waals surface area contributed by atoms with Crippen LogP contribution in [0.25, 0.3) is 5.52 Å². The molecule has 26 heavy (non-hydrogen) atoms. The number of rotatable bonds is 4. The first kappa shape index (κ1) is 17.5. The van der Waals surface area contributed by atoms with E-state index in [0.717, 1.165) is 50.5 Å². The molecule has 1 saturated heterocycles. The van der Waals surface area contributed by atoms with Gasteiger partial charge in [0.2, 0.25) is 0 Å². The summed E-state index contributed by atoms with van der Waals surface area (Å²) in [5.74, 6) is 0.885. The molecule has 3 heterocycles. The Bertz CT molecular complexity index is 788. The number of nitrogens with zero attached hydrogens (tertiary/aromatic N) is 3. The highest BCUT2D eigenvalue weighted by atomic mass is 16.5. The van der Waals surface area contributed by atoms with E-state index in [1.54, 1.807) is 0 Å². The van der Waals surface area contributed by atoms with Crippen LogP contribution in [0.2, 0.25) is 0 Å². The highest BCUT2D eigenvalue weighted by molar-refractivity contribution is 5.94. The zero-order valence-electron chi connectivity index (χ0n) is 15.7. The first-order valence-corrected chi connectivity index (χ1v) is 9.67. The smallest absolute Gasteiger partial charge is 0.253 e. The van der Waals surface area contributed by atoms with Gasteiger partial charge in [-0.3, -0.25) is 9.69 Å². The summed E-state index contributed by atoms with van der Waals surface area (Å²) >= 11 is 0. The molecular weight excluding hydrogens is 328 g/mol. The number of pyridine rings is 1. The molecule has 1 N–H and O–H groups in total. The first-order chi connectivity index (χ1) is 12.6. The Hall–Kier alpha value is -1.92. The first-order valence-electron chi connectivity index (χ1n) is 9.67. The Morgan fingerprint density at radius 1 is 1.27 bits per heavy atom. The molecule has 2 fully saturated rings. The fraction of sp³-hybridized carbons (Fsp3) is 0.600. The molecule has 1 aliphatic carbocycles. The van der Waals surface area contributed by atoms with E-state index in [-0.39, 0.29) is 17.5 Å². The maximum atomic E-state index is 12.9. The lowest BCUT2D eigenvalue weighted by molar-refractivity contribution is -0.0323. The van der Waals surface area contributed by atoms with Gasteiger partial charge in [-0.2, -0.15) is 0 Å². The molecule has 0 radical (unpaired) electrons. The normalized spacial score (nSPS) is 21.8. The van der Waals surface area contributed by atoms with E-state index in [9.17, 15) is 4.79 Å². The summed E-state index contributed by atoms with van der Waals surface area (Å²) in [7, 11) is 0. The van der Waals surface area contributed by atoms with E-state index in [1.165, 1.54) is 12.8 Å². The summed E-state index contributed by atoms with van der Waals surface area (Å²) in [6.45, 7) is 7.61. The number of morpholine rings is 1. The number of carbonyl (C=O) groups excluding carboxylic acids is 1. The zero-order chi connectivity index (χ0) is 18.1. The van der Waals surface area contributed by atoms with Gasteiger partial charge in [-0.05, 0) is 38.8 Å². The maximum absolute atomic E-state index is 12.9. The van der Waals surface area contributed by atoms with Crippen molar-refractivity contribution in [3.05, 3.63) is 35.9 Å². The van der Waals surface area contributed by atoms with Crippen molar-refractivity contribution in [1.29, 1.82) is 0 Å². The minimum absolute atomic E-state index is 0.00738. The van der Waals surface area contributed by atoms with Crippen LogP contribution >= 0.6 is 0 Å². The van der Waals surface area contributed by atoms with Gasteiger partial charge in [-0.15, -0.1) is 0 Å². The Kier molecular flexibility index (Phi) is 4.71. The monoisotopic (exact) mass is 356 g/mol. The number of hydrogen-bond acceptors (Lipinski definition) is 4. The summed E-state index contributed by atoms with van der Waals surface area (Å²) in [5.41, 5.74) is 1.75. The molecule has 1 unspecified atom stereocenters. The lowest BCUT2D eigenvalue weighted by atomic mass is 9.86. The third-order valence-corrected chi connectivity index (χ3v) is 6.24. The van der Waals surface area contributed by atoms with Crippen LogP contribution in [0.4, 0.5) is 0 Å². The summed E-state index contributed by atoms with van der Waals surface area (Å²) in [4.78, 5) is 19.8. The standard InChI is InChI=1S/C20H28N4O2/c1-15(20(7-3-4-8-20)23-9-11-26-12-10-23)22-19(25)17-5-6-18-13-21-16(2)24(18)14-17/h5-6,13-15H,3-4,7-12H2,1-2H3,(H,22,25). The second-order valence-electron chi connectivity index (χ2n) is 7.62. The number of ether oxygens (including phenoxy) is 1. The van der Waals surface area contributed by atoms with Crippen molar-refractivity contribution in [2.75, 3.05) is 26.3 Å². The third-order valence-electron chi connectivity index (χ3n) is 6.24. The Labute approximate surface area is 154 Å². The lowest BCUT2D eigenvalue weighted by Gasteiger charge is -2.47. The van der Waals surface area contributed by atoms with E-state index in [0.29, 0.717) is 5.56 Å². The molecule has 140 valence electrons. The zero-order valence-corrected chi connectivity index (χ0v) is 15.7. The molecule has 1 amide bonds. The van der Waals surface area contributed by atoms with Crippen molar-refractivity contribution in [3.8, 4) is 0 Å². The van der Waals surface area contributed by atoms with Crippen molar-refractivity contribution < 1.29 is 9.53 Å². The van der Waals surface area contributed by atoms with Gasteiger partial charge >= 0.3 is 0 Å². The minimum atomic E-state index is -0.00738. The Balaban J connectivity index is 1.53. The van der Waals surface area contributed by atoms with E-state index in [2.05, 4.69) is 22.1 Å². The van der Waals surface area contributed by atoms with Crippen molar-refractivity contribution in [3.63, 3.8) is 0 Å². The summed E-state index contributed by atoms with van der Waals surface area (Å²) in [5, 5.41) is 3.30. The van der Waals surface area contributed by atoms with Crippen molar-refractivity contribution in [2.24, 2.45) is 0 Å². The predicted octanol–water partition coefficient (Wildman–Crippen LogP) is 2.41. The number of carbonyl (C=O) groups is 1. The quantitative estimate of drug-likeness (QED) is 0.914. The van der Waals surface area contributed by atoms with Crippen LogP contribution in [-0.2, 0) is 4.74 Å². The largest absolute Gasteiger partial charge is 0.379 e. The Morgan fingerprint density at radius 2 is 2.00 bits per heavy atom. The van der Waals surface area contributed by atoms with Crippen molar-refractivity contribution in [1.82, 2.24) is 19.6 Å². The Morgan fingerprint density at radius 3 is 2.73 bits per heavy atom. The second kappa shape index (κ2) is 7.00. The minimum Gasteiger partial charge on any atom is -0.379 e. The van der Waals surface area contributed by atoms with E-state index in [1.807, 2.05) is 35.9 Å². The van der Waals surface area contributed by atoms with Crippen LogP contribution in [0.3, 0.4) is 0 Å². The molecule has 2 aromatic rings. The lowest BCUT2D eigenvalue weighted by Crippen LogP contribution is -2.62. The number of hydrogen-bond donors (Lipinski definition) is 1. The molecule has 2 aromatic heterocycles. The summed E-state index contributed by atoms with van der Waals surface area (Å²) in [6, 6.07) is 3.94. The molecule has 2 aliphatic rings. The van der Waals surface area contributed by atoms with Gasteiger partial charge in [0.15, 0.2) is 0 Å². The van der Waals surface area contributed by atoms with Gasteiger partial charge in [0.05, 0.1) is 30.5 Å². The van der Waals surface area contributed by atoms with Crippen molar-refractivity contribution in [2.45, 2.75) is 51.1 Å². The molecule has 1 atom stereocenters. The summed E-state index contributed by atoms with van der Waals surface area (Å²) in [6.07, 6.45) is 8.47. The highest BCUT2D eigenvalue weighted by Crippen LogP contribution is 2.38. The topological polar surface area (TPSA) is 58.9 Å². The average Bonchev–Trinajstić information content (AvgIpc) is 3.30. The van der Waals surface area contributed by atoms with Crippen LogP contribution in [0.1, 0.15) is 48.8 Å². The SMILES string of the molecule is Cc1ncc2ccc(C(=O)NC(C)C3(N4CCOCC4)CCCC3)cn12. The number of aryl methyl sites for hydroxylation is 1. The van der Waals surface area contributed by atoms with Crippen LogP contribution in [0, 0.1) is 6.92 Å². The molecule has 6 nitrogen and oxygen atoms in total. The number of amides is 1. The highest BCUT2D eigenvalue weighted by Gasteiger charge is 2.45. The van der Waals surface area contributed by atoms with Crippen molar-refractivity contribution >= 4 is 11.4 Å². The van der Waals surface area contributed by atoms with Crippen LogP contribution in [0.15, 0.2) is 24.5 Å². The van der Waals surface area contributed by atoms with E-state index < -0.39 is 0 Å². The van der Waals surface area contributed by atoms with Gasteiger partial charge in [0.1, 0.15) is 5.82 Å². The average molecular weight is 356 g/mol. The van der Waals surface area contributed by atoms with Gasteiger partial charge in [0.25, 0.3) is 5.91 Å². The molecule has 0 aromatic carbocycles. The molecule has 0 bridgehead atoms. The molecule has 6 heteroatoms. The second-order valence-corrected chi connectivity index (χ2v) is 7.62. The van der Waals surface area contributed by atoms with Crippen LogP contribution in [0.5, 0.6) is 0 Å². The van der Waals surface area contributed by atoms with Gasteiger partial charge in [-0.1, -0.05) is 12.8 Å². The summed E-state index contributed by atoms with van der Waals surface area (Å²) < 4.78 is 7.51. The molecule has 4 rings (SSSR count). The van der Waals surface area contributed by atoms with E-state index in [4.69, 9.17) is 4.74 Å². The third kappa shape index (κ3) is 3.01. The molecular formula is C20H28N4O2. The number of fused-ring (bicyclic) bond motifs is 1. The van der Waals surface area contributed by atoms with Crippen LogP contribution in [-0.4, -0.2) is 58.1 Å². The molecule has 1 saturated carbocycles. The molecule has 1 aliphatic heterocycles. The van der Waals surface area contributed by atoms with Gasteiger partial charge in [-0.25, -0.2) is 4.98 Å². The van der Waals surface area contributed by atoms with E-state index >= 15 is 0 Å². The van der Waals surface area contributed by atoms with Gasteiger partial charge < -0.3 is 14.5 Å².